The van der Waals surface area contributed by atoms with E-state index < -0.39 is 20.9 Å². The van der Waals surface area contributed by atoms with Gasteiger partial charge in [0, 0.05) is 39.6 Å². The van der Waals surface area contributed by atoms with E-state index in [0.29, 0.717) is 12.1 Å². The van der Waals surface area contributed by atoms with Crippen LogP contribution in [0.15, 0.2) is 23.1 Å². The average Bonchev–Trinajstić information content (AvgIpc) is 2.34. The molecule has 0 aliphatic carbocycles. The topological polar surface area (TPSA) is 21.7 Å². The molecule has 0 spiro atoms. The summed E-state index contributed by atoms with van der Waals surface area (Å²) in [5.74, 6) is -1.57. The van der Waals surface area contributed by atoms with Crippen LogP contribution in [0.1, 0.15) is 12.5 Å². The molecule has 0 aliphatic heterocycles. The van der Waals surface area contributed by atoms with E-state index in [1.165, 1.54) is 46.2 Å². The van der Waals surface area contributed by atoms with Gasteiger partial charge in [0.15, 0.2) is 5.79 Å². The van der Waals surface area contributed by atoms with Crippen molar-refractivity contribution in [1.82, 2.24) is 0 Å². The predicted molar refractivity (Wildman–Crippen MR) is 73.5 cm³/mol. The third-order valence-electron chi connectivity index (χ3n) is 3.16. The largest absolute Gasteiger partial charge is 0.378 e. The van der Waals surface area contributed by atoms with Crippen molar-refractivity contribution in [3.05, 3.63) is 23.8 Å². The van der Waals surface area contributed by atoms with Crippen LogP contribution in [0.25, 0.3) is 0 Å². The van der Waals surface area contributed by atoms with Gasteiger partial charge < -0.3 is 14.4 Å². The van der Waals surface area contributed by atoms with Crippen molar-refractivity contribution in [2.75, 3.05) is 33.2 Å². The molecule has 0 atom stereocenters. The van der Waals surface area contributed by atoms with Crippen molar-refractivity contribution >= 4 is 15.9 Å². The highest BCUT2D eigenvalue weighted by atomic mass is 32.5. The highest BCUT2D eigenvalue weighted by Crippen LogP contribution is 3.02. The fourth-order valence-corrected chi connectivity index (χ4v) is 2.34. The van der Waals surface area contributed by atoms with Crippen LogP contribution in [-0.4, -0.2) is 28.3 Å². The first kappa shape index (κ1) is 18.0. The van der Waals surface area contributed by atoms with Crippen LogP contribution in [0.3, 0.4) is 0 Å². The van der Waals surface area contributed by atoms with Crippen LogP contribution >= 0.6 is 10.2 Å². The molecule has 124 valence electrons. The van der Waals surface area contributed by atoms with Crippen LogP contribution < -0.4 is 4.90 Å². The number of ether oxygens (including phenoxy) is 2. The smallest absolute Gasteiger partial charge is 0.310 e. The summed E-state index contributed by atoms with van der Waals surface area (Å²) in [5.41, 5.74) is -0.182. The van der Waals surface area contributed by atoms with Gasteiger partial charge in [0.1, 0.15) is 4.90 Å². The number of benzene rings is 1. The maximum Gasteiger partial charge on any atom is 0.310 e. The van der Waals surface area contributed by atoms with Crippen LogP contribution in [0.4, 0.5) is 25.1 Å². The molecule has 0 N–H and O–H groups in total. The summed E-state index contributed by atoms with van der Waals surface area (Å²) in [4.78, 5) is -0.682. The Bertz CT molecular complexity index is 540. The van der Waals surface area contributed by atoms with E-state index in [0.717, 1.165) is 0 Å². The molecular weight excluding hydrogens is 317 g/mol. The third kappa shape index (κ3) is 3.98. The maximum atomic E-state index is 13.1. The lowest BCUT2D eigenvalue weighted by atomic mass is 10.1. The first-order valence-corrected chi connectivity index (χ1v) is 7.75. The van der Waals surface area contributed by atoms with Gasteiger partial charge in [-0.1, -0.05) is 19.4 Å². The minimum Gasteiger partial charge on any atom is -0.378 e. The molecule has 0 unspecified atom stereocenters. The molecule has 0 aromatic heterocycles. The number of rotatable bonds is 5. The van der Waals surface area contributed by atoms with E-state index in [4.69, 9.17) is 9.47 Å². The Kier molecular flexibility index (Phi) is 3.83. The lowest BCUT2D eigenvalue weighted by molar-refractivity contribution is -0.201. The standard InChI is InChI=1S/C12H18F5NO2S/c1-12(19-4,20-5)9-6-10(18(2)3)8-11(7-9)21(13,14,15,16)17/h6-8H,1-5H3. The van der Waals surface area contributed by atoms with Crippen LogP contribution in [0, 0.1) is 0 Å². The van der Waals surface area contributed by atoms with Gasteiger partial charge in [0.25, 0.3) is 0 Å². The first-order chi connectivity index (χ1) is 9.12. The van der Waals surface area contributed by atoms with Crippen molar-refractivity contribution < 1.29 is 28.9 Å². The Labute approximate surface area is 120 Å². The SMILES string of the molecule is COC(C)(OC)c1cc(N(C)C)cc(S(F)(F)(F)(F)F)c1. The second kappa shape index (κ2) is 4.47. The van der Waals surface area contributed by atoms with Crippen molar-refractivity contribution in [3.63, 3.8) is 0 Å². The third-order valence-corrected chi connectivity index (χ3v) is 4.28. The highest BCUT2D eigenvalue weighted by Gasteiger charge is 2.65. The Morgan fingerprint density at radius 3 is 1.76 bits per heavy atom. The molecule has 0 saturated heterocycles. The molecule has 0 bridgehead atoms. The van der Waals surface area contributed by atoms with Gasteiger partial charge in [-0.15, -0.1) is 0 Å². The fourth-order valence-electron chi connectivity index (χ4n) is 1.65. The summed E-state index contributed by atoms with van der Waals surface area (Å²) in [6, 6.07) is 2.08. The summed E-state index contributed by atoms with van der Waals surface area (Å²) >= 11 is 0. The number of hydrogen-bond donors (Lipinski definition) is 0. The molecule has 0 fully saturated rings. The van der Waals surface area contributed by atoms with Gasteiger partial charge in [-0.25, -0.2) is 0 Å². The zero-order valence-electron chi connectivity index (χ0n) is 12.3. The first-order valence-electron chi connectivity index (χ1n) is 5.80. The van der Waals surface area contributed by atoms with Crippen LogP contribution in [0.5, 0.6) is 0 Å². The quantitative estimate of drug-likeness (QED) is 0.566. The molecule has 1 aromatic rings. The van der Waals surface area contributed by atoms with E-state index in [-0.39, 0.29) is 11.3 Å². The normalized spacial score (nSPS) is 16.3. The second-order valence-corrected chi connectivity index (χ2v) is 7.34. The molecule has 9 heteroatoms. The fraction of sp³-hybridized carbons (Fsp3) is 0.500. The van der Waals surface area contributed by atoms with Crippen molar-refractivity contribution in [3.8, 4) is 0 Å². The van der Waals surface area contributed by atoms with Gasteiger partial charge in [-0.3, -0.25) is 0 Å². The summed E-state index contributed by atoms with van der Waals surface area (Å²) in [5, 5.41) is 0. The Balaban J connectivity index is 3.69. The van der Waals surface area contributed by atoms with Gasteiger partial charge >= 0.3 is 10.2 Å². The molecular formula is C12H18F5NO2S. The Morgan fingerprint density at radius 1 is 0.952 bits per heavy atom. The number of anilines is 1. The molecule has 21 heavy (non-hydrogen) atoms. The molecule has 1 aromatic carbocycles. The predicted octanol–water partition coefficient (Wildman–Crippen LogP) is 4.88. The zero-order chi connectivity index (χ0) is 16.8. The minimum atomic E-state index is -9.80. The van der Waals surface area contributed by atoms with E-state index in [2.05, 4.69) is 0 Å². The molecule has 0 radical (unpaired) electrons. The minimum absolute atomic E-state index is 0.0314. The van der Waals surface area contributed by atoms with E-state index in [1.54, 1.807) is 0 Å². The average molecular weight is 335 g/mol. The highest BCUT2D eigenvalue weighted by molar-refractivity contribution is 8.45. The van der Waals surface area contributed by atoms with Crippen LogP contribution in [0.2, 0.25) is 0 Å². The van der Waals surface area contributed by atoms with Crippen molar-refractivity contribution in [2.45, 2.75) is 17.6 Å². The molecule has 0 saturated carbocycles. The van der Waals surface area contributed by atoms with Gasteiger partial charge in [-0.2, -0.15) is 0 Å². The Hall–Kier alpha value is -1.06. The summed E-state index contributed by atoms with van der Waals surface area (Å²) in [6.45, 7) is 1.34. The summed E-state index contributed by atoms with van der Waals surface area (Å²) < 4.78 is 75.3. The van der Waals surface area contributed by atoms with E-state index in [9.17, 15) is 19.4 Å². The summed E-state index contributed by atoms with van der Waals surface area (Å²) in [6.07, 6.45) is 0. The number of halogens is 5. The second-order valence-electron chi connectivity index (χ2n) is 4.93. The number of methoxy groups -OCH3 is 2. The van der Waals surface area contributed by atoms with E-state index in [1.807, 2.05) is 0 Å². The molecule has 0 amide bonds. The zero-order valence-corrected chi connectivity index (χ0v) is 13.1. The number of hydrogen-bond acceptors (Lipinski definition) is 3. The summed E-state index contributed by atoms with van der Waals surface area (Å²) in [7, 11) is -4.47. The van der Waals surface area contributed by atoms with Gasteiger partial charge in [-0.05, 0) is 25.1 Å². The monoisotopic (exact) mass is 335 g/mol. The van der Waals surface area contributed by atoms with Crippen molar-refractivity contribution in [1.29, 1.82) is 0 Å². The molecule has 0 heterocycles. The molecule has 1 rings (SSSR count). The maximum absolute atomic E-state index is 13.1. The lowest BCUT2D eigenvalue weighted by Gasteiger charge is -2.41. The lowest BCUT2D eigenvalue weighted by Crippen LogP contribution is -2.27. The van der Waals surface area contributed by atoms with E-state index >= 15 is 0 Å². The van der Waals surface area contributed by atoms with Gasteiger partial charge in [0.05, 0.1) is 0 Å². The van der Waals surface area contributed by atoms with Crippen molar-refractivity contribution in [2.24, 2.45) is 0 Å². The Morgan fingerprint density at radius 2 is 1.43 bits per heavy atom. The molecule has 0 aliphatic rings. The molecule has 3 nitrogen and oxygen atoms in total. The number of nitrogens with zero attached hydrogens (tertiary/aromatic N) is 1. The van der Waals surface area contributed by atoms with Crippen LogP contribution in [-0.2, 0) is 15.3 Å². The van der Waals surface area contributed by atoms with Gasteiger partial charge in [0.2, 0.25) is 0 Å².